The Labute approximate surface area is 213 Å². The number of hydrogen-bond donors (Lipinski definition) is 1. The van der Waals surface area contributed by atoms with Gasteiger partial charge in [-0.2, -0.15) is 4.39 Å². The first-order valence-corrected chi connectivity index (χ1v) is 12.4. The number of carbonyl (C=O) groups excluding carboxylic acids is 3. The monoisotopic (exact) mass is 499 g/mol. The van der Waals surface area contributed by atoms with Gasteiger partial charge in [-0.15, -0.1) is 0 Å². The molecule has 3 aromatic carbocycles. The maximum absolute atomic E-state index is 15.3. The Morgan fingerprint density at radius 1 is 0.946 bits per heavy atom. The number of esters is 1. The van der Waals surface area contributed by atoms with E-state index in [0.29, 0.717) is 0 Å². The van der Waals surface area contributed by atoms with E-state index in [2.05, 4.69) is 12.1 Å². The number of benzene rings is 3. The normalized spacial score (nSPS) is 24.3. The van der Waals surface area contributed by atoms with Gasteiger partial charge in [-0.3, -0.25) is 25.0 Å². The molecular weight excluding hydrogens is 473 g/mol. The first-order chi connectivity index (χ1) is 17.9. The lowest BCUT2D eigenvalue weighted by atomic mass is 9.98. The summed E-state index contributed by atoms with van der Waals surface area (Å²) in [7, 11) is 0. The molecule has 3 atom stereocenters. The topological polar surface area (TPSA) is 92.9 Å². The minimum atomic E-state index is -2.94. The molecule has 37 heavy (non-hydrogen) atoms. The molecule has 7 nitrogen and oxygen atoms in total. The van der Waals surface area contributed by atoms with Crippen LogP contribution in [0.3, 0.4) is 0 Å². The van der Waals surface area contributed by atoms with E-state index in [9.17, 15) is 14.4 Å². The van der Waals surface area contributed by atoms with E-state index in [-0.39, 0.29) is 31.9 Å². The predicted octanol–water partition coefficient (Wildman–Crippen LogP) is 3.53. The molecule has 2 fully saturated rings. The molecule has 2 N–H and O–H groups in total. The number of hydrogen-bond acceptors (Lipinski definition) is 5. The highest BCUT2D eigenvalue weighted by molar-refractivity contribution is 5.96. The molecule has 188 valence electrons. The molecule has 3 aromatic rings. The fraction of sp³-hybridized carbons (Fsp3) is 0.276. The number of carbonyl (C=O) groups is 3. The standard InChI is InChI=1S/C29H26FN3O4/c30-29(31)28(36)32(16-18-8-2-1-3-9-18)25-14-19(27(35)33(25)29)15-26(34)37-17-24-22-12-6-4-10-20(22)21-11-5-7-13-23(21)24/h1-13,19,24-25H,14-17,31H2/t19-,25?,29+/m1/s1. The van der Waals surface area contributed by atoms with Gasteiger partial charge in [0.1, 0.15) is 12.8 Å². The first-order valence-electron chi connectivity index (χ1n) is 12.4. The Hall–Kier alpha value is -4.04. The van der Waals surface area contributed by atoms with Crippen molar-refractivity contribution in [2.75, 3.05) is 6.61 Å². The molecule has 8 heteroatoms. The fourth-order valence-corrected chi connectivity index (χ4v) is 5.89. The number of fused-ring (bicyclic) bond motifs is 4. The van der Waals surface area contributed by atoms with Gasteiger partial charge in [0.05, 0.1) is 12.3 Å². The van der Waals surface area contributed by atoms with E-state index in [1.165, 1.54) is 4.90 Å². The second kappa shape index (κ2) is 8.81. The van der Waals surface area contributed by atoms with Crippen molar-refractivity contribution in [2.45, 2.75) is 37.4 Å². The maximum Gasteiger partial charge on any atom is 0.319 e. The zero-order chi connectivity index (χ0) is 25.7. The summed E-state index contributed by atoms with van der Waals surface area (Å²) in [6.45, 7) is 0.262. The van der Waals surface area contributed by atoms with Crippen molar-refractivity contribution in [1.29, 1.82) is 0 Å². The van der Waals surface area contributed by atoms with Gasteiger partial charge in [0, 0.05) is 12.5 Å². The van der Waals surface area contributed by atoms with Crippen molar-refractivity contribution in [1.82, 2.24) is 9.80 Å². The van der Waals surface area contributed by atoms with Crippen molar-refractivity contribution in [3.8, 4) is 11.1 Å². The lowest BCUT2D eigenvalue weighted by Gasteiger charge is -2.24. The summed E-state index contributed by atoms with van der Waals surface area (Å²) >= 11 is 0. The molecule has 2 aliphatic heterocycles. The van der Waals surface area contributed by atoms with Gasteiger partial charge in [0.15, 0.2) is 0 Å². The highest BCUT2D eigenvalue weighted by atomic mass is 19.2. The van der Waals surface area contributed by atoms with Crippen LogP contribution in [0.15, 0.2) is 78.9 Å². The number of nitrogens with two attached hydrogens (primary N) is 1. The molecule has 2 heterocycles. The SMILES string of the molecule is N[C@@]1(F)C(=O)N(Cc2ccccc2)C2C[C@H](CC(=O)OCC3c4ccccc4-c4ccccc43)C(=O)N21. The molecule has 1 unspecified atom stereocenters. The second-order valence-corrected chi connectivity index (χ2v) is 9.83. The maximum atomic E-state index is 15.3. The van der Waals surface area contributed by atoms with Gasteiger partial charge < -0.3 is 9.64 Å². The van der Waals surface area contributed by atoms with Gasteiger partial charge >= 0.3 is 11.9 Å². The van der Waals surface area contributed by atoms with Gasteiger partial charge in [0.25, 0.3) is 5.91 Å². The van der Waals surface area contributed by atoms with Gasteiger partial charge in [-0.05, 0) is 34.2 Å². The van der Waals surface area contributed by atoms with Crippen LogP contribution >= 0.6 is 0 Å². The minimum Gasteiger partial charge on any atom is -0.465 e. The lowest BCUT2D eigenvalue weighted by Crippen LogP contribution is -2.55. The van der Waals surface area contributed by atoms with Gasteiger partial charge in [-0.25, -0.2) is 0 Å². The summed E-state index contributed by atoms with van der Waals surface area (Å²) in [5, 5.41) is 0. The van der Waals surface area contributed by atoms with Crippen LogP contribution in [0.1, 0.15) is 35.4 Å². The minimum absolute atomic E-state index is 0.0970. The van der Waals surface area contributed by atoms with Crippen LogP contribution < -0.4 is 5.73 Å². The molecule has 3 aliphatic rings. The fourth-order valence-electron chi connectivity index (χ4n) is 5.89. The molecule has 0 radical (unpaired) electrons. The average Bonchev–Trinajstić information content (AvgIpc) is 3.46. The second-order valence-electron chi connectivity index (χ2n) is 9.83. The number of amides is 2. The van der Waals surface area contributed by atoms with Crippen molar-refractivity contribution in [3.63, 3.8) is 0 Å². The number of alkyl halides is 1. The van der Waals surface area contributed by atoms with Crippen LogP contribution in [0.5, 0.6) is 0 Å². The molecule has 6 rings (SSSR count). The van der Waals surface area contributed by atoms with Crippen LogP contribution in [-0.2, 0) is 25.7 Å². The third-order valence-electron chi connectivity index (χ3n) is 7.63. The predicted molar refractivity (Wildman–Crippen MR) is 133 cm³/mol. The summed E-state index contributed by atoms with van der Waals surface area (Å²) in [6, 6.07) is 25.2. The lowest BCUT2D eigenvalue weighted by molar-refractivity contribution is -0.154. The van der Waals surface area contributed by atoms with E-state index in [1.54, 1.807) is 0 Å². The third kappa shape index (κ3) is 3.79. The summed E-state index contributed by atoms with van der Waals surface area (Å²) in [4.78, 5) is 40.7. The third-order valence-corrected chi connectivity index (χ3v) is 7.63. The zero-order valence-corrected chi connectivity index (χ0v) is 20.0. The van der Waals surface area contributed by atoms with Crippen molar-refractivity contribution in [2.24, 2.45) is 11.7 Å². The van der Waals surface area contributed by atoms with Gasteiger partial charge in [-0.1, -0.05) is 78.9 Å². The smallest absolute Gasteiger partial charge is 0.319 e. The van der Waals surface area contributed by atoms with E-state index in [1.807, 2.05) is 66.7 Å². The van der Waals surface area contributed by atoms with Crippen molar-refractivity contribution in [3.05, 3.63) is 95.6 Å². The Kier molecular flexibility index (Phi) is 5.56. The number of ether oxygens (including phenoxy) is 1. The van der Waals surface area contributed by atoms with E-state index >= 15 is 4.39 Å². The van der Waals surface area contributed by atoms with E-state index in [4.69, 9.17) is 10.5 Å². The zero-order valence-electron chi connectivity index (χ0n) is 20.0. The largest absolute Gasteiger partial charge is 0.465 e. The molecule has 1 aliphatic carbocycles. The number of rotatable bonds is 6. The van der Waals surface area contributed by atoms with Crippen LogP contribution in [0.2, 0.25) is 0 Å². The molecule has 0 aromatic heterocycles. The molecule has 2 amide bonds. The Morgan fingerprint density at radius 3 is 2.19 bits per heavy atom. The molecule has 0 saturated carbocycles. The number of nitrogens with zero attached hydrogens (tertiary/aromatic N) is 2. The van der Waals surface area contributed by atoms with Gasteiger partial charge in [0.2, 0.25) is 5.91 Å². The highest BCUT2D eigenvalue weighted by Gasteiger charge is 2.63. The van der Waals surface area contributed by atoms with E-state index in [0.717, 1.165) is 32.7 Å². The van der Waals surface area contributed by atoms with Crippen molar-refractivity contribution < 1.29 is 23.5 Å². The first kappa shape index (κ1) is 23.4. The summed E-state index contributed by atoms with van der Waals surface area (Å²) in [5.41, 5.74) is 10.9. The summed E-state index contributed by atoms with van der Waals surface area (Å²) in [5.74, 6) is -5.98. The molecule has 0 spiro atoms. The Balaban J connectivity index is 1.14. The molecule has 2 saturated heterocycles. The Morgan fingerprint density at radius 2 is 1.54 bits per heavy atom. The van der Waals surface area contributed by atoms with Crippen LogP contribution in [0.25, 0.3) is 11.1 Å². The number of halogens is 1. The van der Waals surface area contributed by atoms with E-state index < -0.39 is 35.8 Å². The summed E-state index contributed by atoms with van der Waals surface area (Å²) in [6.07, 6.45) is -0.933. The van der Waals surface area contributed by atoms with Crippen molar-refractivity contribution >= 4 is 17.8 Å². The molecular formula is C29H26FN3O4. The Bertz CT molecular complexity index is 1350. The summed E-state index contributed by atoms with van der Waals surface area (Å²) < 4.78 is 20.9. The van der Waals surface area contributed by atoms with Crippen LogP contribution in [0, 0.1) is 5.92 Å². The van der Waals surface area contributed by atoms with Crippen LogP contribution in [-0.4, -0.2) is 46.3 Å². The quantitative estimate of drug-likeness (QED) is 0.414. The average molecular weight is 500 g/mol. The highest BCUT2D eigenvalue weighted by Crippen LogP contribution is 2.45. The molecule has 0 bridgehead atoms. The van der Waals surface area contributed by atoms with Crippen LogP contribution in [0.4, 0.5) is 4.39 Å².